The first-order chi connectivity index (χ1) is 7.43. The lowest BCUT2D eigenvalue weighted by Crippen LogP contribution is -2.04. The predicted molar refractivity (Wildman–Crippen MR) is 64.7 cm³/mol. The van der Waals surface area contributed by atoms with Crippen molar-refractivity contribution < 1.29 is 13.0 Å². The van der Waals surface area contributed by atoms with Gasteiger partial charge in [-0.25, -0.2) is 8.42 Å². The molecule has 0 aromatic heterocycles. The van der Waals surface area contributed by atoms with Crippen LogP contribution in [0.15, 0.2) is 36.8 Å². The van der Waals surface area contributed by atoms with Gasteiger partial charge < -0.3 is 4.55 Å². The molecule has 0 saturated carbocycles. The minimum absolute atomic E-state index is 0.266. The summed E-state index contributed by atoms with van der Waals surface area (Å²) in [5.41, 5.74) is 1.24. The maximum atomic E-state index is 11.1. The van der Waals surface area contributed by atoms with Crippen molar-refractivity contribution in [3.8, 4) is 0 Å². The molecule has 1 aromatic rings. The molecular formula is C12H11O3S-. The molecule has 0 saturated heterocycles. The minimum Gasteiger partial charge on any atom is -0.744 e. The molecule has 0 aliphatic rings. The van der Waals surface area contributed by atoms with Crippen molar-refractivity contribution in [2.75, 3.05) is 0 Å². The van der Waals surface area contributed by atoms with Crippen LogP contribution in [0.5, 0.6) is 0 Å². The van der Waals surface area contributed by atoms with Crippen LogP contribution in [-0.2, 0) is 10.1 Å². The first kappa shape index (κ1) is 12.4. The van der Waals surface area contributed by atoms with Crippen LogP contribution in [0.25, 0.3) is 18.2 Å². The van der Waals surface area contributed by atoms with Crippen molar-refractivity contribution in [3.05, 3.63) is 48.6 Å². The maximum Gasteiger partial charge on any atom is 0.125 e. The second kappa shape index (κ2) is 4.47. The van der Waals surface area contributed by atoms with Crippen molar-refractivity contribution in [3.63, 3.8) is 0 Å². The van der Waals surface area contributed by atoms with Gasteiger partial charge in [0.15, 0.2) is 0 Å². The van der Waals surface area contributed by atoms with Gasteiger partial charge in [-0.15, -0.1) is 0 Å². The Kier molecular flexibility index (Phi) is 3.47. The Morgan fingerprint density at radius 2 is 1.44 bits per heavy atom. The highest BCUT2D eigenvalue weighted by Crippen LogP contribution is 2.25. The zero-order chi connectivity index (χ0) is 12.3. The predicted octanol–water partition coefficient (Wildman–Crippen LogP) is 2.52. The number of hydrogen-bond acceptors (Lipinski definition) is 3. The van der Waals surface area contributed by atoms with Gasteiger partial charge in [-0.05, 0) is 28.8 Å². The monoisotopic (exact) mass is 235 g/mol. The molecule has 1 aromatic carbocycles. The van der Waals surface area contributed by atoms with E-state index < -0.39 is 10.1 Å². The summed E-state index contributed by atoms with van der Waals surface area (Å²) in [6.45, 7) is 10.5. The van der Waals surface area contributed by atoms with Gasteiger partial charge >= 0.3 is 0 Å². The fourth-order valence-electron chi connectivity index (χ4n) is 1.41. The van der Waals surface area contributed by atoms with E-state index in [2.05, 4.69) is 19.7 Å². The molecule has 0 radical (unpaired) electrons. The molecule has 0 N–H and O–H groups in total. The van der Waals surface area contributed by atoms with Gasteiger partial charge in [0.05, 0.1) is 4.90 Å². The Morgan fingerprint density at radius 1 is 1.00 bits per heavy atom. The minimum atomic E-state index is -4.54. The van der Waals surface area contributed by atoms with Crippen molar-refractivity contribution >= 4 is 28.3 Å². The van der Waals surface area contributed by atoms with E-state index in [0.29, 0.717) is 5.56 Å². The third kappa shape index (κ3) is 2.29. The summed E-state index contributed by atoms with van der Waals surface area (Å²) in [6, 6.07) is 3.08. The van der Waals surface area contributed by atoms with E-state index >= 15 is 0 Å². The third-order valence-corrected chi connectivity index (χ3v) is 3.07. The van der Waals surface area contributed by atoms with Gasteiger partial charge in [-0.1, -0.05) is 38.0 Å². The number of benzene rings is 1. The topological polar surface area (TPSA) is 57.2 Å². The maximum absolute atomic E-state index is 11.1. The normalized spacial score (nSPS) is 10.8. The van der Waals surface area contributed by atoms with Gasteiger partial charge in [0.2, 0.25) is 0 Å². The van der Waals surface area contributed by atoms with Gasteiger partial charge in [0, 0.05) is 0 Å². The molecular weight excluding hydrogens is 224 g/mol. The summed E-state index contributed by atoms with van der Waals surface area (Å²) in [6.07, 6.45) is 4.21. The second-order valence-electron chi connectivity index (χ2n) is 3.09. The zero-order valence-electron chi connectivity index (χ0n) is 8.64. The van der Waals surface area contributed by atoms with Crippen LogP contribution in [0.4, 0.5) is 0 Å². The van der Waals surface area contributed by atoms with Crippen LogP contribution < -0.4 is 0 Å². The van der Waals surface area contributed by atoms with E-state index in [9.17, 15) is 13.0 Å². The van der Waals surface area contributed by atoms with Crippen molar-refractivity contribution in [2.45, 2.75) is 4.90 Å². The molecule has 0 unspecified atom stereocenters. The molecule has 0 atom stereocenters. The van der Waals surface area contributed by atoms with E-state index in [1.807, 2.05) is 0 Å². The summed E-state index contributed by atoms with van der Waals surface area (Å²) in [5, 5.41) is 0. The van der Waals surface area contributed by atoms with Crippen molar-refractivity contribution in [2.24, 2.45) is 0 Å². The van der Waals surface area contributed by atoms with Crippen LogP contribution >= 0.6 is 0 Å². The van der Waals surface area contributed by atoms with E-state index in [-0.39, 0.29) is 16.0 Å². The van der Waals surface area contributed by atoms with Gasteiger partial charge in [0.25, 0.3) is 0 Å². The first-order valence-electron chi connectivity index (χ1n) is 4.45. The highest BCUT2D eigenvalue weighted by atomic mass is 32.2. The smallest absolute Gasteiger partial charge is 0.125 e. The third-order valence-electron chi connectivity index (χ3n) is 2.09. The lowest BCUT2D eigenvalue weighted by atomic mass is 10.1. The zero-order valence-corrected chi connectivity index (χ0v) is 9.46. The molecule has 0 amide bonds. The van der Waals surface area contributed by atoms with Crippen LogP contribution in [-0.4, -0.2) is 13.0 Å². The van der Waals surface area contributed by atoms with Gasteiger partial charge in [-0.2, -0.15) is 0 Å². The van der Waals surface area contributed by atoms with Crippen molar-refractivity contribution in [1.29, 1.82) is 0 Å². The Hall–Kier alpha value is -1.65. The van der Waals surface area contributed by atoms with Crippen LogP contribution in [0.1, 0.15) is 16.7 Å². The Bertz CT molecular complexity index is 525. The highest BCUT2D eigenvalue weighted by molar-refractivity contribution is 7.85. The molecule has 1 rings (SSSR count). The van der Waals surface area contributed by atoms with E-state index in [1.165, 1.54) is 24.3 Å². The average molecular weight is 235 g/mol. The summed E-state index contributed by atoms with van der Waals surface area (Å²) < 4.78 is 33.3. The van der Waals surface area contributed by atoms with Crippen molar-refractivity contribution in [1.82, 2.24) is 0 Å². The first-order valence-corrected chi connectivity index (χ1v) is 5.86. The van der Waals surface area contributed by atoms with Gasteiger partial charge in [0.1, 0.15) is 10.1 Å². The average Bonchev–Trinajstić information content (AvgIpc) is 2.25. The number of rotatable bonds is 4. The standard InChI is InChI=1S/C12H12O3S/c1-4-9-7-10(5-2)12(16(13,14)15)11(6-3)8-9/h4-8H,1-3H2,(H,13,14,15)/p-1. The molecule has 0 aliphatic heterocycles. The number of hydrogen-bond donors (Lipinski definition) is 0. The van der Waals surface area contributed by atoms with Crippen LogP contribution in [0, 0.1) is 0 Å². The Balaban J connectivity index is 3.76. The van der Waals surface area contributed by atoms with Crippen LogP contribution in [0.3, 0.4) is 0 Å². The van der Waals surface area contributed by atoms with E-state index in [1.54, 1.807) is 6.08 Å². The molecule has 0 heterocycles. The van der Waals surface area contributed by atoms with E-state index in [4.69, 9.17) is 0 Å². The fraction of sp³-hybridized carbons (Fsp3) is 0. The largest absolute Gasteiger partial charge is 0.744 e. The highest BCUT2D eigenvalue weighted by Gasteiger charge is 2.12. The molecule has 0 bridgehead atoms. The molecule has 0 aliphatic carbocycles. The molecule has 16 heavy (non-hydrogen) atoms. The fourth-order valence-corrected chi connectivity index (χ4v) is 2.27. The molecule has 0 fully saturated rings. The summed E-state index contributed by atoms with van der Waals surface area (Å²) in [5.74, 6) is 0. The Morgan fingerprint density at radius 3 is 1.69 bits per heavy atom. The molecule has 4 heteroatoms. The Labute approximate surface area is 95.2 Å². The summed E-state index contributed by atoms with van der Waals surface area (Å²) >= 11 is 0. The summed E-state index contributed by atoms with van der Waals surface area (Å²) in [7, 11) is -4.54. The lowest BCUT2D eigenvalue weighted by Gasteiger charge is -2.15. The summed E-state index contributed by atoms with van der Waals surface area (Å²) in [4.78, 5) is -0.289. The van der Waals surface area contributed by atoms with Crippen LogP contribution in [0.2, 0.25) is 0 Å². The quantitative estimate of drug-likeness (QED) is 0.753. The molecule has 0 spiro atoms. The van der Waals surface area contributed by atoms with Gasteiger partial charge in [-0.3, -0.25) is 0 Å². The lowest BCUT2D eigenvalue weighted by molar-refractivity contribution is 0.462. The second-order valence-corrected chi connectivity index (χ2v) is 4.41. The van der Waals surface area contributed by atoms with E-state index in [0.717, 1.165) is 0 Å². The molecule has 84 valence electrons. The molecule has 3 nitrogen and oxygen atoms in total. The SMILES string of the molecule is C=Cc1cc(C=C)c(S(=O)(=O)[O-])c(C=C)c1.